The van der Waals surface area contributed by atoms with E-state index in [2.05, 4.69) is 17.1 Å². The van der Waals surface area contributed by atoms with Crippen LogP contribution in [0.5, 0.6) is 0 Å². The second-order valence-electron chi connectivity index (χ2n) is 3.87. The fourth-order valence-electron chi connectivity index (χ4n) is 1.55. The molecular weight excluding hydrogens is 218 g/mol. The lowest BCUT2D eigenvalue weighted by molar-refractivity contribution is 0.715. The molecule has 0 aliphatic rings. The molecule has 82 valence electrons. The highest BCUT2D eigenvalue weighted by molar-refractivity contribution is 7.22. The SMILES string of the molecule is CC(C#N)CN(C)c1nc2ccccc2s1. The third-order valence-electron chi connectivity index (χ3n) is 2.38. The summed E-state index contributed by atoms with van der Waals surface area (Å²) < 4.78 is 1.19. The van der Waals surface area contributed by atoms with Crippen molar-refractivity contribution >= 4 is 26.7 Å². The van der Waals surface area contributed by atoms with Crippen LogP contribution in [0.4, 0.5) is 5.13 Å². The van der Waals surface area contributed by atoms with E-state index in [0.717, 1.165) is 17.2 Å². The molecule has 1 aromatic heterocycles. The van der Waals surface area contributed by atoms with Gasteiger partial charge in [0.2, 0.25) is 0 Å². The van der Waals surface area contributed by atoms with Crippen molar-refractivity contribution in [2.45, 2.75) is 6.92 Å². The number of aromatic nitrogens is 1. The molecule has 0 amide bonds. The molecule has 1 unspecified atom stereocenters. The predicted molar refractivity (Wildman–Crippen MR) is 67.7 cm³/mol. The minimum Gasteiger partial charge on any atom is -0.350 e. The van der Waals surface area contributed by atoms with Gasteiger partial charge >= 0.3 is 0 Å². The van der Waals surface area contributed by atoms with Gasteiger partial charge in [0.05, 0.1) is 22.2 Å². The maximum atomic E-state index is 8.78. The first-order valence-electron chi connectivity index (χ1n) is 5.17. The van der Waals surface area contributed by atoms with Crippen LogP contribution in [0.25, 0.3) is 10.2 Å². The molecule has 0 aliphatic heterocycles. The number of benzene rings is 1. The van der Waals surface area contributed by atoms with E-state index in [-0.39, 0.29) is 5.92 Å². The molecule has 0 saturated carbocycles. The van der Waals surface area contributed by atoms with Gasteiger partial charge in [-0.05, 0) is 19.1 Å². The lowest BCUT2D eigenvalue weighted by atomic mass is 10.2. The summed E-state index contributed by atoms with van der Waals surface area (Å²) in [6, 6.07) is 10.3. The molecule has 0 aliphatic carbocycles. The molecule has 2 rings (SSSR count). The normalized spacial score (nSPS) is 12.3. The van der Waals surface area contributed by atoms with Crippen LogP contribution >= 0.6 is 11.3 Å². The topological polar surface area (TPSA) is 39.9 Å². The zero-order valence-electron chi connectivity index (χ0n) is 9.34. The van der Waals surface area contributed by atoms with Crippen LogP contribution in [0.1, 0.15) is 6.92 Å². The van der Waals surface area contributed by atoms with E-state index in [1.807, 2.05) is 37.1 Å². The van der Waals surface area contributed by atoms with Crippen LogP contribution in [0, 0.1) is 17.2 Å². The summed E-state index contributed by atoms with van der Waals surface area (Å²) in [5.74, 6) is 0.0250. The molecule has 0 bridgehead atoms. The first-order chi connectivity index (χ1) is 7.70. The van der Waals surface area contributed by atoms with Crippen molar-refractivity contribution in [1.29, 1.82) is 5.26 Å². The Balaban J connectivity index is 2.23. The zero-order valence-corrected chi connectivity index (χ0v) is 10.2. The third kappa shape index (κ3) is 2.15. The van der Waals surface area contributed by atoms with Crippen molar-refractivity contribution in [3.8, 4) is 6.07 Å². The minimum atomic E-state index is 0.0250. The van der Waals surface area contributed by atoms with Crippen LogP contribution in [0.3, 0.4) is 0 Å². The van der Waals surface area contributed by atoms with Crippen molar-refractivity contribution < 1.29 is 0 Å². The van der Waals surface area contributed by atoms with Gasteiger partial charge in [-0.15, -0.1) is 0 Å². The molecule has 3 nitrogen and oxygen atoms in total. The molecule has 2 aromatic rings. The Bertz CT molecular complexity index is 493. The lowest BCUT2D eigenvalue weighted by Crippen LogP contribution is -2.22. The van der Waals surface area contributed by atoms with E-state index in [9.17, 15) is 0 Å². The number of thiazole rings is 1. The standard InChI is InChI=1S/C12H13N3S/c1-9(7-13)8-15(2)12-14-10-5-3-4-6-11(10)16-12/h3-6,9H,8H2,1-2H3. The van der Waals surface area contributed by atoms with Gasteiger partial charge in [-0.25, -0.2) is 4.98 Å². The number of hydrogen-bond acceptors (Lipinski definition) is 4. The van der Waals surface area contributed by atoms with Gasteiger partial charge in [0.1, 0.15) is 0 Å². The van der Waals surface area contributed by atoms with Crippen LogP contribution in [-0.2, 0) is 0 Å². The monoisotopic (exact) mass is 231 g/mol. The smallest absolute Gasteiger partial charge is 0.186 e. The highest BCUT2D eigenvalue weighted by Crippen LogP contribution is 2.27. The Kier molecular flexibility index (Phi) is 3.07. The van der Waals surface area contributed by atoms with Gasteiger partial charge < -0.3 is 4.90 Å². The Hall–Kier alpha value is -1.60. The number of fused-ring (bicyclic) bond motifs is 1. The highest BCUT2D eigenvalue weighted by Gasteiger charge is 2.10. The Morgan fingerprint density at radius 1 is 1.50 bits per heavy atom. The van der Waals surface area contributed by atoms with E-state index in [1.165, 1.54) is 4.70 Å². The number of nitrogens with zero attached hydrogens (tertiary/aromatic N) is 3. The third-order valence-corrected chi connectivity index (χ3v) is 3.53. The summed E-state index contributed by atoms with van der Waals surface area (Å²) in [7, 11) is 1.98. The molecule has 0 fully saturated rings. The quantitative estimate of drug-likeness (QED) is 0.815. The van der Waals surface area contributed by atoms with Crippen LogP contribution in [0.2, 0.25) is 0 Å². The summed E-state index contributed by atoms with van der Waals surface area (Å²) >= 11 is 1.66. The van der Waals surface area contributed by atoms with Crippen LogP contribution in [0.15, 0.2) is 24.3 Å². The molecule has 0 saturated heterocycles. The Labute approximate surface area is 99.0 Å². The summed E-state index contributed by atoms with van der Waals surface area (Å²) in [6.45, 7) is 2.64. The maximum Gasteiger partial charge on any atom is 0.186 e. The van der Waals surface area contributed by atoms with E-state index in [4.69, 9.17) is 5.26 Å². The second kappa shape index (κ2) is 4.50. The van der Waals surface area contributed by atoms with Crippen molar-refractivity contribution in [1.82, 2.24) is 4.98 Å². The Morgan fingerprint density at radius 2 is 2.25 bits per heavy atom. The second-order valence-corrected chi connectivity index (χ2v) is 4.88. The van der Waals surface area contributed by atoms with Crippen molar-refractivity contribution in [2.75, 3.05) is 18.5 Å². The van der Waals surface area contributed by atoms with E-state index in [1.54, 1.807) is 11.3 Å². The zero-order chi connectivity index (χ0) is 11.5. The fraction of sp³-hybridized carbons (Fsp3) is 0.333. The maximum absolute atomic E-state index is 8.78. The molecule has 1 atom stereocenters. The first kappa shape index (κ1) is 10.9. The molecule has 1 heterocycles. The summed E-state index contributed by atoms with van der Waals surface area (Å²) in [5.41, 5.74) is 1.03. The van der Waals surface area contributed by atoms with Gasteiger partial charge in [-0.1, -0.05) is 23.5 Å². The molecule has 16 heavy (non-hydrogen) atoms. The van der Waals surface area contributed by atoms with E-state index < -0.39 is 0 Å². The largest absolute Gasteiger partial charge is 0.350 e. The first-order valence-corrected chi connectivity index (χ1v) is 5.98. The number of para-hydroxylation sites is 1. The summed E-state index contributed by atoms with van der Waals surface area (Å²) in [5, 5.41) is 9.75. The van der Waals surface area contributed by atoms with Crippen molar-refractivity contribution in [3.63, 3.8) is 0 Å². The van der Waals surface area contributed by atoms with Crippen LogP contribution in [-0.4, -0.2) is 18.6 Å². The van der Waals surface area contributed by atoms with E-state index >= 15 is 0 Å². The molecule has 4 heteroatoms. The lowest BCUT2D eigenvalue weighted by Gasteiger charge is -2.16. The van der Waals surface area contributed by atoms with Gasteiger partial charge in [0.25, 0.3) is 0 Å². The summed E-state index contributed by atoms with van der Waals surface area (Å²) in [6.07, 6.45) is 0. The van der Waals surface area contributed by atoms with Gasteiger partial charge in [0.15, 0.2) is 5.13 Å². The van der Waals surface area contributed by atoms with Crippen LogP contribution < -0.4 is 4.90 Å². The van der Waals surface area contributed by atoms with Gasteiger partial charge in [-0.2, -0.15) is 5.26 Å². The number of rotatable bonds is 3. The fourth-order valence-corrected chi connectivity index (χ4v) is 2.49. The minimum absolute atomic E-state index is 0.0250. The van der Waals surface area contributed by atoms with Crippen molar-refractivity contribution in [3.05, 3.63) is 24.3 Å². The van der Waals surface area contributed by atoms with Crippen molar-refractivity contribution in [2.24, 2.45) is 5.92 Å². The molecule has 0 N–H and O–H groups in total. The average molecular weight is 231 g/mol. The molecule has 1 aromatic carbocycles. The summed E-state index contributed by atoms with van der Waals surface area (Å²) in [4.78, 5) is 6.58. The molecule has 0 spiro atoms. The van der Waals surface area contributed by atoms with E-state index in [0.29, 0.717) is 0 Å². The molecular formula is C12H13N3S. The molecule has 0 radical (unpaired) electrons. The Morgan fingerprint density at radius 3 is 2.94 bits per heavy atom. The average Bonchev–Trinajstić information content (AvgIpc) is 2.72. The highest BCUT2D eigenvalue weighted by atomic mass is 32.1. The predicted octanol–water partition coefficient (Wildman–Crippen LogP) is 2.89. The van der Waals surface area contributed by atoms with Gasteiger partial charge in [-0.3, -0.25) is 0 Å². The van der Waals surface area contributed by atoms with Gasteiger partial charge in [0, 0.05) is 13.6 Å². The number of anilines is 1. The number of hydrogen-bond donors (Lipinski definition) is 0. The number of nitriles is 1.